The molecule has 0 saturated heterocycles. The van der Waals surface area contributed by atoms with Crippen LogP contribution in [0.1, 0.15) is 31.2 Å². The van der Waals surface area contributed by atoms with Crippen LogP contribution in [0.4, 0.5) is 0 Å². The maximum Gasteiger partial charge on any atom is 0.307 e. The molecule has 2 rings (SSSR count). The molecule has 1 aliphatic rings. The van der Waals surface area contributed by atoms with E-state index in [0.29, 0.717) is 19.4 Å². The number of rotatable bonds is 5. The maximum absolute atomic E-state index is 12.5. The van der Waals surface area contributed by atoms with Crippen LogP contribution < -0.4 is 0 Å². The van der Waals surface area contributed by atoms with Crippen molar-refractivity contribution in [3.63, 3.8) is 0 Å². The van der Waals surface area contributed by atoms with E-state index in [4.69, 9.17) is 0 Å². The van der Waals surface area contributed by atoms with Crippen LogP contribution in [0.2, 0.25) is 0 Å². The maximum atomic E-state index is 12.5. The van der Waals surface area contributed by atoms with Crippen molar-refractivity contribution < 1.29 is 14.7 Å². The number of aliphatic carboxylic acids is 1. The number of hydrogen-bond donors (Lipinski definition) is 1. The van der Waals surface area contributed by atoms with Gasteiger partial charge in [0.1, 0.15) is 0 Å². The Hall–Kier alpha value is -1.91. The second kappa shape index (κ2) is 7.20. The van der Waals surface area contributed by atoms with Crippen molar-refractivity contribution in [1.82, 2.24) is 9.88 Å². The van der Waals surface area contributed by atoms with Crippen LogP contribution in [0.5, 0.6) is 0 Å². The molecular formula is C16H22N2O3. The first-order valence-corrected chi connectivity index (χ1v) is 7.46. The zero-order valence-electron chi connectivity index (χ0n) is 12.4. The third-order valence-electron chi connectivity index (χ3n) is 4.26. The second-order valence-electron chi connectivity index (χ2n) is 5.70. The molecule has 0 aliphatic heterocycles. The van der Waals surface area contributed by atoms with Gasteiger partial charge in [0.2, 0.25) is 5.91 Å². The summed E-state index contributed by atoms with van der Waals surface area (Å²) in [6.45, 7) is 0.603. The van der Waals surface area contributed by atoms with Gasteiger partial charge in [0.15, 0.2) is 0 Å². The zero-order valence-corrected chi connectivity index (χ0v) is 12.4. The molecule has 1 saturated carbocycles. The van der Waals surface area contributed by atoms with Crippen molar-refractivity contribution in [1.29, 1.82) is 0 Å². The van der Waals surface area contributed by atoms with E-state index in [1.165, 1.54) is 0 Å². The fraction of sp³-hybridized carbons (Fsp3) is 0.562. The molecule has 1 aromatic rings. The number of nitrogens with zero attached hydrogens (tertiary/aromatic N) is 2. The zero-order chi connectivity index (χ0) is 15.2. The van der Waals surface area contributed by atoms with Crippen molar-refractivity contribution >= 4 is 11.9 Å². The van der Waals surface area contributed by atoms with E-state index in [1.807, 2.05) is 12.1 Å². The number of pyridine rings is 1. The molecule has 0 spiro atoms. The largest absolute Gasteiger partial charge is 0.481 e. The van der Waals surface area contributed by atoms with E-state index in [-0.39, 0.29) is 11.8 Å². The van der Waals surface area contributed by atoms with E-state index >= 15 is 0 Å². The lowest BCUT2D eigenvalue weighted by molar-refractivity contribution is -0.151. The highest BCUT2D eigenvalue weighted by atomic mass is 16.4. The summed E-state index contributed by atoms with van der Waals surface area (Å²) in [6.07, 6.45) is 7.38. The standard InChI is InChI=1S/C16H22N2O3/c1-18(11-8-12-6-9-17-10-7-12)15(19)13-4-2-3-5-14(13)16(20)21/h6-7,9-10,13-14H,2-5,8,11H2,1H3,(H,20,21). The van der Waals surface area contributed by atoms with E-state index in [0.717, 1.165) is 24.8 Å². The van der Waals surface area contributed by atoms with E-state index < -0.39 is 11.9 Å². The normalized spacial score (nSPS) is 21.8. The summed E-state index contributed by atoms with van der Waals surface area (Å²) in [5, 5.41) is 9.27. The Morgan fingerprint density at radius 2 is 1.86 bits per heavy atom. The number of likely N-dealkylation sites (N-methyl/N-ethyl adjacent to an activating group) is 1. The first kappa shape index (κ1) is 15.5. The molecular weight excluding hydrogens is 268 g/mol. The lowest BCUT2D eigenvalue weighted by atomic mass is 9.78. The SMILES string of the molecule is CN(CCc1ccncc1)C(=O)C1CCCCC1C(=O)O. The van der Waals surface area contributed by atoms with Crippen LogP contribution in [-0.4, -0.2) is 40.5 Å². The van der Waals surface area contributed by atoms with Crippen LogP contribution in [-0.2, 0) is 16.0 Å². The van der Waals surface area contributed by atoms with Gasteiger partial charge in [-0.05, 0) is 37.0 Å². The van der Waals surface area contributed by atoms with Gasteiger partial charge in [0, 0.05) is 26.0 Å². The second-order valence-corrected chi connectivity index (χ2v) is 5.70. The lowest BCUT2D eigenvalue weighted by Crippen LogP contribution is -2.41. The van der Waals surface area contributed by atoms with Gasteiger partial charge in [-0.2, -0.15) is 0 Å². The fourth-order valence-electron chi connectivity index (χ4n) is 2.96. The van der Waals surface area contributed by atoms with Crippen molar-refractivity contribution in [3.05, 3.63) is 30.1 Å². The molecule has 1 N–H and O–H groups in total. The van der Waals surface area contributed by atoms with Gasteiger partial charge in [-0.3, -0.25) is 14.6 Å². The molecule has 1 amide bonds. The Bertz CT molecular complexity index is 490. The van der Waals surface area contributed by atoms with Gasteiger partial charge in [-0.25, -0.2) is 0 Å². The summed E-state index contributed by atoms with van der Waals surface area (Å²) in [6, 6.07) is 3.86. The Balaban J connectivity index is 1.93. The number of amides is 1. The minimum Gasteiger partial charge on any atom is -0.481 e. The lowest BCUT2D eigenvalue weighted by Gasteiger charge is -2.31. The Morgan fingerprint density at radius 3 is 2.48 bits per heavy atom. The first-order valence-electron chi connectivity index (χ1n) is 7.46. The van der Waals surface area contributed by atoms with E-state index in [9.17, 15) is 14.7 Å². The number of carbonyl (C=O) groups excluding carboxylic acids is 1. The molecule has 1 aliphatic carbocycles. The molecule has 5 heteroatoms. The van der Waals surface area contributed by atoms with Gasteiger partial charge in [0.25, 0.3) is 0 Å². The number of carboxylic acids is 1. The molecule has 1 aromatic heterocycles. The van der Waals surface area contributed by atoms with Crippen LogP contribution >= 0.6 is 0 Å². The molecule has 0 radical (unpaired) electrons. The third-order valence-corrected chi connectivity index (χ3v) is 4.26. The van der Waals surface area contributed by atoms with Crippen LogP contribution in [0, 0.1) is 11.8 Å². The summed E-state index contributed by atoms with van der Waals surface area (Å²) in [5.41, 5.74) is 1.13. The van der Waals surface area contributed by atoms with Crippen molar-refractivity contribution in [2.45, 2.75) is 32.1 Å². The number of hydrogen-bond acceptors (Lipinski definition) is 3. The third kappa shape index (κ3) is 4.03. The summed E-state index contributed by atoms with van der Waals surface area (Å²) >= 11 is 0. The van der Waals surface area contributed by atoms with Gasteiger partial charge < -0.3 is 10.0 Å². The van der Waals surface area contributed by atoms with E-state index in [1.54, 1.807) is 24.3 Å². The van der Waals surface area contributed by atoms with Gasteiger partial charge >= 0.3 is 5.97 Å². The molecule has 114 valence electrons. The smallest absolute Gasteiger partial charge is 0.307 e. The highest BCUT2D eigenvalue weighted by Gasteiger charge is 2.36. The van der Waals surface area contributed by atoms with Crippen molar-refractivity contribution in [2.75, 3.05) is 13.6 Å². The molecule has 1 fully saturated rings. The summed E-state index contributed by atoms with van der Waals surface area (Å²) in [7, 11) is 1.76. The van der Waals surface area contributed by atoms with Crippen LogP contribution in [0.25, 0.3) is 0 Å². The fourth-order valence-corrected chi connectivity index (χ4v) is 2.96. The Morgan fingerprint density at radius 1 is 1.24 bits per heavy atom. The topological polar surface area (TPSA) is 70.5 Å². The van der Waals surface area contributed by atoms with Crippen LogP contribution in [0.15, 0.2) is 24.5 Å². The predicted octanol–water partition coefficient (Wildman–Crippen LogP) is 1.97. The van der Waals surface area contributed by atoms with Crippen LogP contribution in [0.3, 0.4) is 0 Å². The number of carbonyl (C=O) groups is 2. The quantitative estimate of drug-likeness (QED) is 0.900. The minimum absolute atomic E-state index is 0.0313. The highest BCUT2D eigenvalue weighted by Crippen LogP contribution is 2.31. The van der Waals surface area contributed by atoms with Gasteiger partial charge in [-0.15, -0.1) is 0 Å². The van der Waals surface area contributed by atoms with Crippen molar-refractivity contribution in [3.8, 4) is 0 Å². The molecule has 21 heavy (non-hydrogen) atoms. The molecule has 2 atom stereocenters. The number of carboxylic acid groups (broad SMARTS) is 1. The summed E-state index contributed by atoms with van der Waals surface area (Å²) in [4.78, 5) is 29.4. The van der Waals surface area contributed by atoms with Gasteiger partial charge in [0.05, 0.1) is 11.8 Å². The highest BCUT2D eigenvalue weighted by molar-refractivity contribution is 5.84. The average molecular weight is 290 g/mol. The monoisotopic (exact) mass is 290 g/mol. The number of aromatic nitrogens is 1. The molecule has 5 nitrogen and oxygen atoms in total. The molecule has 0 bridgehead atoms. The Kier molecular flexibility index (Phi) is 5.31. The molecule has 1 heterocycles. The predicted molar refractivity (Wildman–Crippen MR) is 78.7 cm³/mol. The summed E-state index contributed by atoms with van der Waals surface area (Å²) in [5.74, 6) is -1.75. The first-order chi connectivity index (χ1) is 10.1. The molecule has 2 unspecified atom stereocenters. The average Bonchev–Trinajstić information content (AvgIpc) is 2.52. The van der Waals surface area contributed by atoms with Gasteiger partial charge in [-0.1, -0.05) is 12.8 Å². The Labute approximate surface area is 125 Å². The van der Waals surface area contributed by atoms with Crippen molar-refractivity contribution in [2.24, 2.45) is 11.8 Å². The summed E-state index contributed by atoms with van der Waals surface area (Å²) < 4.78 is 0. The minimum atomic E-state index is -0.837. The molecule has 0 aromatic carbocycles. The van der Waals surface area contributed by atoms with E-state index in [2.05, 4.69) is 4.98 Å².